The van der Waals surface area contributed by atoms with Crippen LogP contribution in [0.25, 0.3) is 5.57 Å². The van der Waals surface area contributed by atoms with Crippen LogP contribution >= 0.6 is 0 Å². The monoisotopic (exact) mass is 217 g/mol. The molecule has 0 heterocycles. The van der Waals surface area contributed by atoms with Gasteiger partial charge in [-0.15, -0.1) is 0 Å². The Morgan fingerprint density at radius 3 is 2.38 bits per heavy atom. The highest BCUT2D eigenvalue weighted by atomic mass is 14.5. The lowest BCUT2D eigenvalue weighted by Crippen LogP contribution is -1.98. The van der Waals surface area contributed by atoms with Crippen molar-refractivity contribution in [2.45, 2.75) is 33.6 Å². The van der Waals surface area contributed by atoms with Crippen molar-refractivity contribution in [1.29, 1.82) is 0 Å². The summed E-state index contributed by atoms with van der Waals surface area (Å²) in [4.78, 5) is 0. The van der Waals surface area contributed by atoms with Crippen molar-refractivity contribution < 1.29 is 0 Å². The second-order valence-electron chi connectivity index (χ2n) is 4.61. The van der Waals surface area contributed by atoms with E-state index < -0.39 is 0 Å². The normalized spacial score (nSPS) is 12.2. The molecule has 0 atom stereocenters. The van der Waals surface area contributed by atoms with E-state index in [1.807, 2.05) is 0 Å². The van der Waals surface area contributed by atoms with Gasteiger partial charge in [0.15, 0.2) is 0 Å². The quantitative estimate of drug-likeness (QED) is 0.746. The number of benzene rings is 1. The van der Waals surface area contributed by atoms with Gasteiger partial charge in [-0.3, -0.25) is 0 Å². The smallest absolute Gasteiger partial charge is 0.00743 e. The third-order valence-corrected chi connectivity index (χ3v) is 2.78. The van der Waals surface area contributed by atoms with E-state index in [2.05, 4.69) is 51.1 Å². The van der Waals surface area contributed by atoms with Crippen LogP contribution in [0.1, 0.15) is 37.8 Å². The van der Waals surface area contributed by atoms with Gasteiger partial charge in [0.2, 0.25) is 0 Å². The predicted octanol–water partition coefficient (Wildman–Crippen LogP) is 3.77. The van der Waals surface area contributed by atoms with Gasteiger partial charge in [-0.25, -0.2) is 0 Å². The maximum Gasteiger partial charge on any atom is -0.00743 e. The SMILES string of the molecule is Cc1ccc(/C(=C/CCCN)C(C)C)cc1. The molecular formula is C15H23N. The highest BCUT2D eigenvalue weighted by Crippen LogP contribution is 2.24. The van der Waals surface area contributed by atoms with Crippen LogP contribution in [-0.4, -0.2) is 6.54 Å². The molecule has 1 rings (SSSR count). The highest BCUT2D eigenvalue weighted by Gasteiger charge is 2.05. The Hall–Kier alpha value is -1.08. The van der Waals surface area contributed by atoms with E-state index in [1.54, 1.807) is 0 Å². The zero-order valence-electron chi connectivity index (χ0n) is 10.7. The van der Waals surface area contributed by atoms with E-state index >= 15 is 0 Å². The highest BCUT2D eigenvalue weighted by molar-refractivity contribution is 5.67. The summed E-state index contributed by atoms with van der Waals surface area (Å²) in [5, 5.41) is 0. The molecule has 0 radical (unpaired) electrons. The van der Waals surface area contributed by atoms with Gasteiger partial charge >= 0.3 is 0 Å². The summed E-state index contributed by atoms with van der Waals surface area (Å²) >= 11 is 0. The average molecular weight is 217 g/mol. The molecule has 1 aromatic rings. The fourth-order valence-electron chi connectivity index (χ4n) is 1.81. The van der Waals surface area contributed by atoms with E-state index in [0.29, 0.717) is 5.92 Å². The van der Waals surface area contributed by atoms with Gasteiger partial charge in [0.25, 0.3) is 0 Å². The first-order valence-corrected chi connectivity index (χ1v) is 6.12. The zero-order valence-corrected chi connectivity index (χ0v) is 10.7. The molecular weight excluding hydrogens is 194 g/mol. The molecule has 16 heavy (non-hydrogen) atoms. The summed E-state index contributed by atoms with van der Waals surface area (Å²) in [5.74, 6) is 0.570. The van der Waals surface area contributed by atoms with Crippen LogP contribution in [0.3, 0.4) is 0 Å². The Balaban J connectivity index is 2.85. The molecule has 0 amide bonds. The molecule has 0 aliphatic heterocycles. The van der Waals surface area contributed by atoms with Crippen LogP contribution in [0.15, 0.2) is 30.3 Å². The third-order valence-electron chi connectivity index (χ3n) is 2.78. The fraction of sp³-hybridized carbons (Fsp3) is 0.467. The van der Waals surface area contributed by atoms with Crippen LogP contribution in [0.5, 0.6) is 0 Å². The molecule has 0 bridgehead atoms. The Labute approximate surface area is 99.4 Å². The van der Waals surface area contributed by atoms with Crippen LogP contribution in [0.2, 0.25) is 0 Å². The van der Waals surface area contributed by atoms with E-state index in [9.17, 15) is 0 Å². The summed E-state index contributed by atoms with van der Waals surface area (Å²) in [6.07, 6.45) is 4.49. The molecule has 88 valence electrons. The number of allylic oxidation sites excluding steroid dienone is 2. The maximum absolute atomic E-state index is 5.52. The number of nitrogens with two attached hydrogens (primary N) is 1. The Bertz CT molecular complexity index is 333. The lowest BCUT2D eigenvalue weighted by atomic mass is 9.93. The summed E-state index contributed by atoms with van der Waals surface area (Å²) in [6, 6.07) is 8.77. The second kappa shape index (κ2) is 6.49. The topological polar surface area (TPSA) is 26.0 Å². The van der Waals surface area contributed by atoms with Gasteiger partial charge in [0, 0.05) is 0 Å². The lowest BCUT2D eigenvalue weighted by Gasteiger charge is -2.12. The molecule has 0 fully saturated rings. The van der Waals surface area contributed by atoms with Crippen molar-refractivity contribution >= 4 is 5.57 Å². The van der Waals surface area contributed by atoms with Crippen molar-refractivity contribution in [1.82, 2.24) is 0 Å². The summed E-state index contributed by atoms with van der Waals surface area (Å²) < 4.78 is 0. The van der Waals surface area contributed by atoms with Crippen molar-refractivity contribution in [2.75, 3.05) is 6.54 Å². The molecule has 0 unspecified atom stereocenters. The Morgan fingerprint density at radius 1 is 1.25 bits per heavy atom. The Kier molecular flexibility index (Phi) is 5.27. The zero-order chi connectivity index (χ0) is 12.0. The molecule has 0 aromatic heterocycles. The van der Waals surface area contributed by atoms with E-state index in [1.165, 1.54) is 16.7 Å². The second-order valence-corrected chi connectivity index (χ2v) is 4.61. The fourth-order valence-corrected chi connectivity index (χ4v) is 1.81. The molecule has 0 saturated carbocycles. The average Bonchev–Trinajstić information content (AvgIpc) is 2.26. The van der Waals surface area contributed by atoms with Crippen LogP contribution in [0, 0.1) is 12.8 Å². The first-order chi connectivity index (χ1) is 7.65. The third kappa shape index (κ3) is 3.82. The minimum atomic E-state index is 0.570. The molecule has 0 saturated heterocycles. The largest absolute Gasteiger partial charge is 0.330 e. The predicted molar refractivity (Wildman–Crippen MR) is 72.3 cm³/mol. The van der Waals surface area contributed by atoms with Crippen LogP contribution in [0.4, 0.5) is 0 Å². The minimum Gasteiger partial charge on any atom is -0.330 e. The number of hydrogen-bond acceptors (Lipinski definition) is 1. The number of unbranched alkanes of at least 4 members (excludes halogenated alkanes) is 1. The molecule has 0 aliphatic carbocycles. The molecule has 0 spiro atoms. The van der Waals surface area contributed by atoms with Crippen LogP contribution < -0.4 is 5.73 Å². The number of aryl methyl sites for hydroxylation is 1. The minimum absolute atomic E-state index is 0.570. The first-order valence-electron chi connectivity index (χ1n) is 6.12. The van der Waals surface area contributed by atoms with Gasteiger partial charge in [-0.2, -0.15) is 0 Å². The number of rotatable bonds is 5. The Morgan fingerprint density at radius 2 is 1.88 bits per heavy atom. The van der Waals surface area contributed by atoms with Crippen molar-refractivity contribution in [3.05, 3.63) is 41.5 Å². The summed E-state index contributed by atoms with van der Waals surface area (Å²) in [7, 11) is 0. The van der Waals surface area contributed by atoms with Crippen molar-refractivity contribution in [2.24, 2.45) is 11.7 Å². The molecule has 1 heteroatoms. The van der Waals surface area contributed by atoms with Gasteiger partial charge < -0.3 is 5.73 Å². The standard InChI is InChI=1S/C15H23N/c1-12(2)15(6-4-5-11-16)14-9-7-13(3)8-10-14/h6-10,12H,4-5,11,16H2,1-3H3/b15-6+. The van der Waals surface area contributed by atoms with Crippen molar-refractivity contribution in [3.8, 4) is 0 Å². The first kappa shape index (κ1) is 13.0. The number of hydrogen-bond donors (Lipinski definition) is 1. The molecule has 0 aliphatic rings. The van der Waals surface area contributed by atoms with E-state index in [0.717, 1.165) is 19.4 Å². The summed E-state index contributed by atoms with van der Waals surface area (Å²) in [6.45, 7) is 7.38. The van der Waals surface area contributed by atoms with Gasteiger partial charge in [0.05, 0.1) is 0 Å². The lowest BCUT2D eigenvalue weighted by molar-refractivity contribution is 0.824. The van der Waals surface area contributed by atoms with Crippen molar-refractivity contribution in [3.63, 3.8) is 0 Å². The van der Waals surface area contributed by atoms with E-state index in [4.69, 9.17) is 5.73 Å². The molecule has 2 N–H and O–H groups in total. The molecule has 1 aromatic carbocycles. The van der Waals surface area contributed by atoms with Gasteiger partial charge in [-0.05, 0) is 43.4 Å². The summed E-state index contributed by atoms with van der Waals surface area (Å²) in [5.41, 5.74) is 9.62. The maximum atomic E-state index is 5.52. The van der Waals surface area contributed by atoms with Crippen LogP contribution in [-0.2, 0) is 0 Å². The molecule has 1 nitrogen and oxygen atoms in total. The van der Waals surface area contributed by atoms with Gasteiger partial charge in [-0.1, -0.05) is 49.8 Å². The van der Waals surface area contributed by atoms with Gasteiger partial charge in [0.1, 0.15) is 0 Å². The van der Waals surface area contributed by atoms with E-state index in [-0.39, 0.29) is 0 Å².